The second-order valence-electron chi connectivity index (χ2n) is 6.27. The molecule has 3 aromatic carbocycles. The molecule has 4 heteroatoms. The number of hydrogen-bond donors (Lipinski definition) is 2. The molecule has 4 aromatic rings. The first-order valence-corrected chi connectivity index (χ1v) is 8.79. The fourth-order valence-electron chi connectivity index (χ4n) is 3.28. The second kappa shape index (κ2) is 7.38. The van der Waals surface area contributed by atoms with E-state index < -0.39 is 0 Å². The molecule has 0 radical (unpaired) electrons. The highest BCUT2D eigenvalue weighted by molar-refractivity contribution is 5.86. The van der Waals surface area contributed by atoms with Crippen LogP contribution in [-0.2, 0) is 0 Å². The highest BCUT2D eigenvalue weighted by Gasteiger charge is 2.20. The lowest BCUT2D eigenvalue weighted by atomic mass is 9.96. The Morgan fingerprint density at radius 2 is 1.67 bits per heavy atom. The third-order valence-corrected chi connectivity index (χ3v) is 4.63. The van der Waals surface area contributed by atoms with E-state index in [0.29, 0.717) is 5.52 Å². The summed E-state index contributed by atoms with van der Waals surface area (Å²) in [4.78, 5) is 4.36. The Morgan fingerprint density at radius 1 is 0.889 bits per heavy atom. The normalized spacial score (nSPS) is 11.9. The van der Waals surface area contributed by atoms with Crippen LogP contribution >= 0.6 is 0 Å². The van der Waals surface area contributed by atoms with Gasteiger partial charge < -0.3 is 15.2 Å². The number of phenols is 1. The number of anilines is 1. The first-order valence-electron chi connectivity index (χ1n) is 8.79. The molecule has 0 fully saturated rings. The Labute approximate surface area is 158 Å². The van der Waals surface area contributed by atoms with Gasteiger partial charge in [-0.2, -0.15) is 0 Å². The molecule has 2 N–H and O–H groups in total. The molecule has 0 amide bonds. The average Bonchev–Trinajstić information content (AvgIpc) is 2.74. The number of benzene rings is 3. The Morgan fingerprint density at radius 3 is 2.48 bits per heavy atom. The molecule has 0 saturated heterocycles. The Hall–Kier alpha value is -3.53. The molecule has 4 nitrogen and oxygen atoms in total. The lowest BCUT2D eigenvalue weighted by Gasteiger charge is -2.23. The highest BCUT2D eigenvalue weighted by atomic mass is 16.5. The van der Waals surface area contributed by atoms with Gasteiger partial charge in [-0.25, -0.2) is 0 Å². The number of fused-ring (bicyclic) bond motifs is 1. The van der Waals surface area contributed by atoms with Crippen molar-refractivity contribution in [2.75, 3.05) is 12.4 Å². The maximum atomic E-state index is 11.0. The minimum absolute atomic E-state index is 0.185. The van der Waals surface area contributed by atoms with E-state index in [1.54, 1.807) is 13.3 Å². The lowest BCUT2D eigenvalue weighted by Crippen LogP contribution is -2.13. The van der Waals surface area contributed by atoms with Crippen molar-refractivity contribution < 1.29 is 9.84 Å². The number of phenolic OH excluding ortho intramolecular Hbond substituents is 1. The van der Waals surface area contributed by atoms with E-state index in [-0.39, 0.29) is 11.8 Å². The number of nitrogens with zero attached hydrogens (tertiary/aromatic N) is 1. The van der Waals surface area contributed by atoms with Crippen molar-refractivity contribution in [2.24, 2.45) is 0 Å². The zero-order chi connectivity index (χ0) is 18.6. The maximum Gasteiger partial charge on any atom is 0.147 e. The van der Waals surface area contributed by atoms with Gasteiger partial charge in [-0.3, -0.25) is 4.98 Å². The molecule has 1 unspecified atom stereocenters. The molecule has 0 spiro atoms. The molecule has 4 rings (SSSR count). The first-order chi connectivity index (χ1) is 13.3. The number of aromatic hydroxyl groups is 1. The number of aromatic nitrogens is 1. The third kappa shape index (κ3) is 3.29. The van der Waals surface area contributed by atoms with Crippen LogP contribution < -0.4 is 10.1 Å². The topological polar surface area (TPSA) is 54.4 Å². The SMILES string of the molecule is COc1ccccc1NC(c1ccccc1)c1ccc2cccnc2c1O. The number of nitrogens with one attached hydrogen (secondary N) is 1. The van der Waals surface area contributed by atoms with Gasteiger partial charge in [0, 0.05) is 17.1 Å². The number of para-hydroxylation sites is 2. The van der Waals surface area contributed by atoms with Crippen molar-refractivity contribution in [2.45, 2.75) is 6.04 Å². The monoisotopic (exact) mass is 356 g/mol. The van der Waals surface area contributed by atoms with Gasteiger partial charge in [-0.15, -0.1) is 0 Å². The van der Waals surface area contributed by atoms with Gasteiger partial charge in [0.05, 0.1) is 18.8 Å². The van der Waals surface area contributed by atoms with Crippen LogP contribution in [0.1, 0.15) is 17.2 Å². The van der Waals surface area contributed by atoms with E-state index in [4.69, 9.17) is 4.74 Å². The van der Waals surface area contributed by atoms with E-state index in [0.717, 1.165) is 28.0 Å². The van der Waals surface area contributed by atoms with Crippen LogP contribution in [0.3, 0.4) is 0 Å². The Bertz CT molecular complexity index is 1060. The number of pyridine rings is 1. The fourth-order valence-corrected chi connectivity index (χ4v) is 3.28. The zero-order valence-corrected chi connectivity index (χ0v) is 15.0. The van der Waals surface area contributed by atoms with Gasteiger partial charge in [-0.05, 0) is 23.8 Å². The summed E-state index contributed by atoms with van der Waals surface area (Å²) in [5, 5.41) is 15.4. The molecule has 1 aromatic heterocycles. The Balaban J connectivity index is 1.85. The molecule has 0 aliphatic heterocycles. The average molecular weight is 356 g/mol. The van der Waals surface area contributed by atoms with Crippen molar-refractivity contribution in [1.82, 2.24) is 4.98 Å². The standard InChI is InChI=1S/C23H20N2O2/c1-27-20-12-6-5-11-19(20)25-21(16-8-3-2-4-9-16)18-14-13-17-10-7-15-24-22(17)23(18)26/h2-15,21,25-26H,1H3. The smallest absolute Gasteiger partial charge is 0.147 e. The summed E-state index contributed by atoms with van der Waals surface area (Å²) in [7, 11) is 1.65. The molecule has 134 valence electrons. The second-order valence-corrected chi connectivity index (χ2v) is 6.27. The Kier molecular flexibility index (Phi) is 4.62. The number of ether oxygens (including phenoxy) is 1. The molecular weight excluding hydrogens is 336 g/mol. The number of methoxy groups -OCH3 is 1. The van der Waals surface area contributed by atoms with Crippen molar-refractivity contribution >= 4 is 16.6 Å². The van der Waals surface area contributed by atoms with Gasteiger partial charge in [0.2, 0.25) is 0 Å². The van der Waals surface area contributed by atoms with Gasteiger partial charge in [-0.1, -0.05) is 60.7 Å². The summed E-state index contributed by atoms with van der Waals surface area (Å²) in [5.41, 5.74) is 3.25. The lowest BCUT2D eigenvalue weighted by molar-refractivity contribution is 0.416. The molecule has 0 bridgehead atoms. The molecule has 1 heterocycles. The molecule has 0 aliphatic rings. The zero-order valence-electron chi connectivity index (χ0n) is 15.0. The van der Waals surface area contributed by atoms with E-state index in [2.05, 4.69) is 10.3 Å². The van der Waals surface area contributed by atoms with E-state index in [1.165, 1.54) is 0 Å². The summed E-state index contributed by atoms with van der Waals surface area (Å²) in [5.74, 6) is 0.932. The first kappa shape index (κ1) is 16.9. The van der Waals surface area contributed by atoms with Crippen molar-refractivity contribution in [3.05, 3.63) is 96.2 Å². The fraction of sp³-hybridized carbons (Fsp3) is 0.0870. The van der Waals surface area contributed by atoms with Gasteiger partial charge >= 0.3 is 0 Å². The predicted molar refractivity (Wildman–Crippen MR) is 108 cm³/mol. The van der Waals surface area contributed by atoms with E-state index >= 15 is 0 Å². The van der Waals surface area contributed by atoms with Crippen LogP contribution in [0.15, 0.2) is 85.1 Å². The van der Waals surface area contributed by atoms with Gasteiger partial charge in [0.1, 0.15) is 17.0 Å². The maximum absolute atomic E-state index is 11.0. The summed E-state index contributed by atoms with van der Waals surface area (Å²) < 4.78 is 5.48. The number of hydrogen-bond acceptors (Lipinski definition) is 4. The quantitative estimate of drug-likeness (QED) is 0.519. The number of rotatable bonds is 5. The van der Waals surface area contributed by atoms with Crippen LogP contribution in [0.4, 0.5) is 5.69 Å². The minimum Gasteiger partial charge on any atom is -0.505 e. The van der Waals surface area contributed by atoms with Crippen LogP contribution in [0.25, 0.3) is 10.9 Å². The van der Waals surface area contributed by atoms with Crippen LogP contribution in [0, 0.1) is 0 Å². The van der Waals surface area contributed by atoms with Crippen LogP contribution in [0.5, 0.6) is 11.5 Å². The predicted octanol–water partition coefficient (Wildman–Crippen LogP) is 5.15. The largest absolute Gasteiger partial charge is 0.505 e. The van der Waals surface area contributed by atoms with Crippen molar-refractivity contribution in [1.29, 1.82) is 0 Å². The minimum atomic E-state index is -0.256. The molecular formula is C23H20N2O2. The molecule has 0 saturated carbocycles. The van der Waals surface area contributed by atoms with Crippen LogP contribution in [-0.4, -0.2) is 17.2 Å². The molecule has 1 atom stereocenters. The van der Waals surface area contributed by atoms with Crippen molar-refractivity contribution in [3.63, 3.8) is 0 Å². The van der Waals surface area contributed by atoms with Crippen LogP contribution in [0.2, 0.25) is 0 Å². The molecule has 0 aliphatic carbocycles. The third-order valence-electron chi connectivity index (χ3n) is 4.63. The summed E-state index contributed by atoms with van der Waals surface area (Å²) >= 11 is 0. The summed E-state index contributed by atoms with van der Waals surface area (Å²) in [6.07, 6.45) is 1.69. The summed E-state index contributed by atoms with van der Waals surface area (Å²) in [6, 6.07) is 25.3. The van der Waals surface area contributed by atoms with E-state index in [9.17, 15) is 5.11 Å². The van der Waals surface area contributed by atoms with Gasteiger partial charge in [0.25, 0.3) is 0 Å². The molecule has 27 heavy (non-hydrogen) atoms. The van der Waals surface area contributed by atoms with Gasteiger partial charge in [0.15, 0.2) is 0 Å². The van der Waals surface area contributed by atoms with E-state index in [1.807, 2.05) is 78.9 Å². The highest BCUT2D eigenvalue weighted by Crippen LogP contribution is 2.38. The van der Waals surface area contributed by atoms with Crippen molar-refractivity contribution in [3.8, 4) is 11.5 Å². The summed E-state index contributed by atoms with van der Waals surface area (Å²) in [6.45, 7) is 0.